The predicted octanol–water partition coefficient (Wildman–Crippen LogP) is 3.70. The van der Waals surface area contributed by atoms with Crippen molar-refractivity contribution in [3.63, 3.8) is 0 Å². The van der Waals surface area contributed by atoms with Crippen LogP contribution in [0.25, 0.3) is 11.3 Å². The molecule has 1 aliphatic heterocycles. The number of rotatable bonds is 5. The standard InChI is InChI=1S/C24H18N4O3S/c29-23(30)17-12-10-16(11-13-17)21-25-19-9-5-4-8-18(19)20-22(31-21)26-24(28-27-20)32-14-15-6-2-1-3-7-15/h1-13,21,25H,14H2,(H,29,30)/p-1/t21-/m0/s1. The first-order chi connectivity index (χ1) is 15.7. The molecule has 0 unspecified atom stereocenters. The topological polar surface area (TPSA) is 100 Å². The fraction of sp³-hybridized carbons (Fsp3) is 0.0833. The van der Waals surface area contributed by atoms with E-state index in [0.717, 1.165) is 22.4 Å². The number of carboxylic acids is 1. The maximum absolute atomic E-state index is 11.1. The molecule has 4 aromatic rings. The highest BCUT2D eigenvalue weighted by atomic mass is 32.2. The van der Waals surface area contributed by atoms with Crippen molar-refractivity contribution < 1.29 is 14.6 Å². The Morgan fingerprint density at radius 1 is 0.969 bits per heavy atom. The van der Waals surface area contributed by atoms with E-state index in [1.165, 1.54) is 23.9 Å². The first-order valence-corrected chi connectivity index (χ1v) is 10.9. The molecule has 1 atom stereocenters. The molecule has 0 amide bonds. The molecule has 0 spiro atoms. The summed E-state index contributed by atoms with van der Waals surface area (Å²) in [5, 5.41) is 23.7. The van der Waals surface area contributed by atoms with Gasteiger partial charge in [-0.2, -0.15) is 4.98 Å². The molecule has 1 aliphatic rings. The Morgan fingerprint density at radius 2 is 1.72 bits per heavy atom. The molecule has 0 aliphatic carbocycles. The van der Waals surface area contributed by atoms with E-state index in [0.29, 0.717) is 22.5 Å². The summed E-state index contributed by atoms with van der Waals surface area (Å²) in [7, 11) is 0. The second kappa shape index (κ2) is 8.68. The summed E-state index contributed by atoms with van der Waals surface area (Å²) >= 11 is 1.48. The van der Waals surface area contributed by atoms with Gasteiger partial charge in [0.2, 0.25) is 11.0 Å². The molecule has 0 bridgehead atoms. The molecule has 0 fully saturated rings. The molecule has 2 heterocycles. The number of ether oxygens (including phenoxy) is 1. The molecular formula is C24H17N4O3S-. The molecule has 3 aromatic carbocycles. The summed E-state index contributed by atoms with van der Waals surface area (Å²) in [5.74, 6) is -0.148. The third kappa shape index (κ3) is 4.13. The van der Waals surface area contributed by atoms with Crippen LogP contribution in [0.4, 0.5) is 5.69 Å². The van der Waals surface area contributed by atoms with Gasteiger partial charge in [0.25, 0.3) is 0 Å². The van der Waals surface area contributed by atoms with E-state index in [4.69, 9.17) is 4.74 Å². The molecule has 158 valence electrons. The van der Waals surface area contributed by atoms with Gasteiger partial charge >= 0.3 is 0 Å². The SMILES string of the molecule is O=C([O-])c1ccc([C@H]2Nc3ccccc3-c3nnc(SCc4ccccc4)nc3O2)cc1. The van der Waals surface area contributed by atoms with E-state index in [1.807, 2.05) is 54.6 Å². The van der Waals surface area contributed by atoms with Crippen LogP contribution >= 0.6 is 11.8 Å². The zero-order chi connectivity index (χ0) is 21.9. The maximum Gasteiger partial charge on any atom is 0.247 e. The number of carboxylic acid groups (broad SMARTS) is 1. The highest BCUT2D eigenvalue weighted by Gasteiger charge is 2.26. The molecule has 0 saturated carbocycles. The molecule has 0 radical (unpaired) electrons. The normalized spacial score (nSPS) is 14.3. The van der Waals surface area contributed by atoms with Gasteiger partial charge in [0.05, 0.1) is 5.97 Å². The lowest BCUT2D eigenvalue weighted by Crippen LogP contribution is -2.22. The van der Waals surface area contributed by atoms with Crippen molar-refractivity contribution in [2.24, 2.45) is 0 Å². The zero-order valence-electron chi connectivity index (χ0n) is 16.8. The van der Waals surface area contributed by atoms with E-state index in [-0.39, 0.29) is 5.56 Å². The van der Waals surface area contributed by atoms with Gasteiger partial charge in [0.15, 0.2) is 11.9 Å². The lowest BCUT2D eigenvalue weighted by Gasteiger charge is -2.19. The Balaban J connectivity index is 1.48. The van der Waals surface area contributed by atoms with Crippen molar-refractivity contribution in [2.45, 2.75) is 17.1 Å². The molecular weight excluding hydrogens is 424 g/mol. The largest absolute Gasteiger partial charge is 0.545 e. The summed E-state index contributed by atoms with van der Waals surface area (Å²) in [6.07, 6.45) is -0.586. The summed E-state index contributed by atoms with van der Waals surface area (Å²) in [6, 6.07) is 24.1. The van der Waals surface area contributed by atoms with E-state index in [9.17, 15) is 9.90 Å². The number of fused-ring (bicyclic) bond motifs is 3. The molecule has 32 heavy (non-hydrogen) atoms. The molecule has 5 rings (SSSR count). The Hall–Kier alpha value is -3.91. The minimum Gasteiger partial charge on any atom is -0.545 e. The number of hydrogen-bond donors (Lipinski definition) is 1. The van der Waals surface area contributed by atoms with Crippen molar-refractivity contribution in [1.29, 1.82) is 0 Å². The summed E-state index contributed by atoms with van der Waals surface area (Å²) in [5.41, 5.74) is 4.21. The van der Waals surface area contributed by atoms with Gasteiger partial charge in [-0.15, -0.1) is 10.2 Å². The van der Waals surface area contributed by atoms with Crippen LogP contribution in [-0.4, -0.2) is 21.2 Å². The van der Waals surface area contributed by atoms with Gasteiger partial charge in [-0.05, 0) is 17.2 Å². The summed E-state index contributed by atoms with van der Waals surface area (Å²) in [6.45, 7) is 0. The maximum atomic E-state index is 11.1. The van der Waals surface area contributed by atoms with Crippen molar-refractivity contribution in [2.75, 3.05) is 5.32 Å². The minimum absolute atomic E-state index is 0.103. The average molecular weight is 441 g/mol. The number of carbonyl (C=O) groups is 1. The Labute approximate surface area is 188 Å². The lowest BCUT2D eigenvalue weighted by molar-refractivity contribution is -0.255. The quantitative estimate of drug-likeness (QED) is 0.468. The molecule has 7 nitrogen and oxygen atoms in total. The van der Waals surface area contributed by atoms with E-state index in [1.54, 1.807) is 12.1 Å². The number of anilines is 1. The van der Waals surface area contributed by atoms with Gasteiger partial charge in [0.1, 0.15) is 0 Å². The number of nitrogens with zero attached hydrogens (tertiary/aromatic N) is 3. The van der Waals surface area contributed by atoms with Crippen LogP contribution in [0.15, 0.2) is 84.0 Å². The van der Waals surface area contributed by atoms with E-state index in [2.05, 4.69) is 20.5 Å². The summed E-state index contributed by atoms with van der Waals surface area (Å²) < 4.78 is 6.22. The van der Waals surface area contributed by atoms with Crippen molar-refractivity contribution in [3.8, 4) is 17.1 Å². The first kappa shape index (κ1) is 20.0. The predicted molar refractivity (Wildman–Crippen MR) is 119 cm³/mol. The monoisotopic (exact) mass is 441 g/mol. The Bertz CT molecular complexity index is 1270. The molecule has 1 aromatic heterocycles. The number of carbonyl (C=O) groups excluding carboxylic acids is 1. The third-order valence-corrected chi connectivity index (χ3v) is 5.90. The highest BCUT2D eigenvalue weighted by molar-refractivity contribution is 7.98. The van der Waals surface area contributed by atoms with Crippen LogP contribution in [0.2, 0.25) is 0 Å². The first-order valence-electron chi connectivity index (χ1n) is 9.93. The average Bonchev–Trinajstić information content (AvgIpc) is 3.00. The van der Waals surface area contributed by atoms with E-state index >= 15 is 0 Å². The second-order valence-corrected chi connectivity index (χ2v) is 8.06. The second-order valence-electron chi connectivity index (χ2n) is 7.12. The van der Waals surface area contributed by atoms with Crippen LogP contribution < -0.4 is 15.2 Å². The fourth-order valence-electron chi connectivity index (χ4n) is 3.38. The van der Waals surface area contributed by atoms with Crippen molar-refractivity contribution in [3.05, 3.63) is 95.6 Å². The number of hydrogen-bond acceptors (Lipinski definition) is 8. The molecule has 1 N–H and O–H groups in total. The number of benzene rings is 3. The van der Waals surface area contributed by atoms with Gasteiger partial charge in [-0.25, -0.2) is 0 Å². The highest BCUT2D eigenvalue weighted by Crippen LogP contribution is 2.39. The van der Waals surface area contributed by atoms with Crippen molar-refractivity contribution >= 4 is 23.4 Å². The Kier molecular flexibility index (Phi) is 5.43. The van der Waals surface area contributed by atoms with Gasteiger partial charge in [-0.1, -0.05) is 84.6 Å². The summed E-state index contributed by atoms with van der Waals surface area (Å²) in [4.78, 5) is 15.7. The lowest BCUT2D eigenvalue weighted by atomic mass is 10.1. The fourth-order valence-corrected chi connectivity index (χ4v) is 4.11. The molecule has 0 saturated heterocycles. The zero-order valence-corrected chi connectivity index (χ0v) is 17.6. The third-order valence-electron chi connectivity index (χ3n) is 4.99. The van der Waals surface area contributed by atoms with Crippen LogP contribution in [0.3, 0.4) is 0 Å². The Morgan fingerprint density at radius 3 is 2.50 bits per heavy atom. The van der Waals surface area contributed by atoms with Crippen LogP contribution in [0.1, 0.15) is 27.7 Å². The van der Waals surface area contributed by atoms with E-state index < -0.39 is 12.2 Å². The number of thioether (sulfide) groups is 1. The molecule has 8 heteroatoms. The van der Waals surface area contributed by atoms with Crippen LogP contribution in [0.5, 0.6) is 5.88 Å². The van der Waals surface area contributed by atoms with Crippen molar-refractivity contribution in [1.82, 2.24) is 15.2 Å². The number of aromatic carboxylic acids is 1. The van der Waals surface area contributed by atoms with Gasteiger partial charge < -0.3 is 20.0 Å². The number of nitrogens with one attached hydrogen (secondary N) is 1. The number of aromatic nitrogens is 3. The van der Waals surface area contributed by atoms with Gasteiger partial charge in [0, 0.05) is 22.6 Å². The smallest absolute Gasteiger partial charge is 0.247 e. The van der Waals surface area contributed by atoms with Crippen LogP contribution in [0, 0.1) is 0 Å². The number of para-hydroxylation sites is 1. The minimum atomic E-state index is -1.22. The van der Waals surface area contributed by atoms with Gasteiger partial charge in [-0.3, -0.25) is 0 Å². The van der Waals surface area contributed by atoms with Crippen LogP contribution in [-0.2, 0) is 5.75 Å².